The molecular weight excluding hydrogens is 242 g/mol. The van der Waals surface area contributed by atoms with E-state index in [-0.39, 0.29) is 17.8 Å². The fraction of sp³-hybridized carbons (Fsp3) is 0.286. The second kappa shape index (κ2) is 5.56. The highest BCUT2D eigenvalue weighted by molar-refractivity contribution is 5.77. The van der Waals surface area contributed by atoms with Crippen LogP contribution >= 0.6 is 0 Å². The molecular formula is C14H17N3O2. The molecule has 5 heteroatoms. The van der Waals surface area contributed by atoms with Crippen molar-refractivity contribution in [1.29, 1.82) is 0 Å². The highest BCUT2D eigenvalue weighted by atomic mass is 16.3. The number of phenols is 1. The summed E-state index contributed by atoms with van der Waals surface area (Å²) in [5.41, 5.74) is 0.898. The van der Waals surface area contributed by atoms with Crippen LogP contribution in [0.2, 0.25) is 0 Å². The number of carbonyl (C=O) groups excluding carboxylic acids is 1. The van der Waals surface area contributed by atoms with Gasteiger partial charge < -0.3 is 10.0 Å². The Labute approximate surface area is 112 Å². The number of amides is 1. The van der Waals surface area contributed by atoms with Gasteiger partial charge in [-0.05, 0) is 31.5 Å². The molecule has 5 nitrogen and oxygen atoms in total. The van der Waals surface area contributed by atoms with Crippen LogP contribution in [0.1, 0.15) is 25.5 Å². The number of rotatable bonds is 3. The van der Waals surface area contributed by atoms with Gasteiger partial charge in [-0.25, -0.2) is 9.78 Å². The maximum absolute atomic E-state index is 12.3. The summed E-state index contributed by atoms with van der Waals surface area (Å²) in [5.74, 6) is 0.204. The third kappa shape index (κ3) is 2.76. The predicted molar refractivity (Wildman–Crippen MR) is 71.9 cm³/mol. The van der Waals surface area contributed by atoms with E-state index in [1.54, 1.807) is 35.5 Å². The molecule has 2 rings (SSSR count). The summed E-state index contributed by atoms with van der Waals surface area (Å²) in [7, 11) is 0. The fourth-order valence-electron chi connectivity index (χ4n) is 2.06. The van der Waals surface area contributed by atoms with Crippen LogP contribution in [-0.4, -0.2) is 32.1 Å². The summed E-state index contributed by atoms with van der Waals surface area (Å²) >= 11 is 0. The molecule has 0 radical (unpaired) electrons. The molecule has 0 aliphatic rings. The van der Waals surface area contributed by atoms with Gasteiger partial charge in [-0.2, -0.15) is 0 Å². The number of imidazole rings is 1. The zero-order valence-corrected chi connectivity index (χ0v) is 11.0. The minimum absolute atomic E-state index is 0.119. The van der Waals surface area contributed by atoms with Crippen LogP contribution in [0.15, 0.2) is 43.0 Å². The smallest absolute Gasteiger partial charge is 0.329 e. The number of carbonyl (C=O) groups is 1. The third-order valence-corrected chi connectivity index (χ3v) is 3.13. The molecule has 1 amide bonds. The number of hydrogen-bond donors (Lipinski definition) is 1. The van der Waals surface area contributed by atoms with Crippen LogP contribution in [0.25, 0.3) is 0 Å². The molecule has 0 aliphatic heterocycles. The lowest BCUT2D eigenvalue weighted by atomic mass is 10.1. The van der Waals surface area contributed by atoms with E-state index in [1.807, 2.05) is 19.9 Å². The van der Waals surface area contributed by atoms with Crippen molar-refractivity contribution < 1.29 is 9.90 Å². The van der Waals surface area contributed by atoms with E-state index in [9.17, 15) is 9.90 Å². The van der Waals surface area contributed by atoms with Gasteiger partial charge in [-0.3, -0.25) is 4.57 Å². The van der Waals surface area contributed by atoms with E-state index < -0.39 is 0 Å². The first-order chi connectivity index (χ1) is 9.13. The third-order valence-electron chi connectivity index (χ3n) is 3.13. The molecule has 1 N–H and O–H groups in total. The molecule has 2 aromatic rings. The lowest BCUT2D eigenvalue weighted by Gasteiger charge is -2.28. The number of hydrogen-bond acceptors (Lipinski definition) is 3. The van der Waals surface area contributed by atoms with Crippen molar-refractivity contribution in [3.8, 4) is 5.75 Å². The van der Waals surface area contributed by atoms with Crippen molar-refractivity contribution in [2.75, 3.05) is 6.54 Å². The Hall–Kier alpha value is -2.30. The first-order valence-electron chi connectivity index (χ1n) is 6.21. The van der Waals surface area contributed by atoms with Crippen molar-refractivity contribution in [2.45, 2.75) is 19.9 Å². The number of benzene rings is 1. The van der Waals surface area contributed by atoms with E-state index in [4.69, 9.17) is 0 Å². The molecule has 0 fully saturated rings. The SMILES string of the molecule is CCN(C(=O)n1ccnc1)C(C)c1cccc(O)c1. The van der Waals surface area contributed by atoms with Gasteiger partial charge >= 0.3 is 6.03 Å². The Morgan fingerprint density at radius 3 is 2.89 bits per heavy atom. The number of phenolic OH excluding ortho intramolecular Hbond substituents is 1. The van der Waals surface area contributed by atoms with Gasteiger partial charge in [0.25, 0.3) is 0 Å². The molecule has 0 aliphatic carbocycles. The number of nitrogens with zero attached hydrogens (tertiary/aromatic N) is 3. The van der Waals surface area contributed by atoms with Gasteiger partial charge in [0.05, 0.1) is 6.04 Å². The Morgan fingerprint density at radius 2 is 2.32 bits per heavy atom. The van der Waals surface area contributed by atoms with Crippen LogP contribution in [0.4, 0.5) is 4.79 Å². The highest BCUT2D eigenvalue weighted by Gasteiger charge is 2.21. The maximum atomic E-state index is 12.3. The van der Waals surface area contributed by atoms with E-state index in [0.29, 0.717) is 6.54 Å². The topological polar surface area (TPSA) is 58.4 Å². The molecule has 0 bridgehead atoms. The predicted octanol–water partition coefficient (Wildman–Crippen LogP) is 2.64. The van der Waals surface area contributed by atoms with Crippen LogP contribution in [-0.2, 0) is 0 Å². The van der Waals surface area contributed by atoms with Gasteiger partial charge in [0, 0.05) is 18.9 Å². The minimum atomic E-state index is -0.129. The van der Waals surface area contributed by atoms with Crippen molar-refractivity contribution in [1.82, 2.24) is 14.5 Å². The van der Waals surface area contributed by atoms with Crippen molar-refractivity contribution in [3.05, 3.63) is 48.5 Å². The van der Waals surface area contributed by atoms with Gasteiger partial charge in [-0.1, -0.05) is 12.1 Å². The summed E-state index contributed by atoms with van der Waals surface area (Å²) in [5, 5.41) is 9.52. The Morgan fingerprint density at radius 1 is 1.53 bits per heavy atom. The van der Waals surface area contributed by atoms with E-state index >= 15 is 0 Å². The standard InChI is InChI=1S/C14H17N3O2/c1-3-17(14(19)16-8-7-15-10-16)11(2)12-5-4-6-13(18)9-12/h4-11,18H,3H2,1-2H3. The van der Waals surface area contributed by atoms with E-state index in [1.165, 1.54) is 10.9 Å². The van der Waals surface area contributed by atoms with E-state index in [0.717, 1.165) is 5.56 Å². The summed E-state index contributed by atoms with van der Waals surface area (Å²) < 4.78 is 1.45. The number of aromatic nitrogens is 2. The summed E-state index contributed by atoms with van der Waals surface area (Å²) in [6.45, 7) is 4.44. The molecule has 100 valence electrons. The van der Waals surface area contributed by atoms with Crippen molar-refractivity contribution in [2.24, 2.45) is 0 Å². The van der Waals surface area contributed by atoms with Crippen LogP contribution < -0.4 is 0 Å². The second-order valence-electron chi connectivity index (χ2n) is 4.31. The first kappa shape index (κ1) is 13.1. The Balaban J connectivity index is 2.24. The molecule has 1 atom stereocenters. The minimum Gasteiger partial charge on any atom is -0.508 e. The molecule has 19 heavy (non-hydrogen) atoms. The Kier molecular flexibility index (Phi) is 3.85. The van der Waals surface area contributed by atoms with Gasteiger partial charge in [0.15, 0.2) is 0 Å². The second-order valence-corrected chi connectivity index (χ2v) is 4.31. The average molecular weight is 259 g/mol. The van der Waals surface area contributed by atoms with Gasteiger partial charge in [0.1, 0.15) is 12.1 Å². The molecule has 0 spiro atoms. The zero-order valence-electron chi connectivity index (χ0n) is 11.0. The van der Waals surface area contributed by atoms with Gasteiger partial charge in [-0.15, -0.1) is 0 Å². The van der Waals surface area contributed by atoms with Crippen molar-refractivity contribution >= 4 is 6.03 Å². The lowest BCUT2D eigenvalue weighted by molar-refractivity contribution is 0.184. The van der Waals surface area contributed by atoms with Crippen LogP contribution in [0.3, 0.4) is 0 Å². The Bertz CT molecular complexity index is 552. The summed E-state index contributed by atoms with van der Waals surface area (Å²) in [6.07, 6.45) is 4.69. The molecule has 1 unspecified atom stereocenters. The quantitative estimate of drug-likeness (QED) is 0.921. The highest BCUT2D eigenvalue weighted by Crippen LogP contribution is 2.23. The van der Waals surface area contributed by atoms with Gasteiger partial charge in [0.2, 0.25) is 0 Å². The summed E-state index contributed by atoms with van der Waals surface area (Å²) in [4.78, 5) is 17.9. The average Bonchev–Trinajstić information content (AvgIpc) is 2.93. The maximum Gasteiger partial charge on any atom is 0.329 e. The van der Waals surface area contributed by atoms with Crippen LogP contribution in [0, 0.1) is 0 Å². The normalized spacial score (nSPS) is 12.1. The zero-order chi connectivity index (χ0) is 13.8. The first-order valence-corrected chi connectivity index (χ1v) is 6.21. The molecule has 1 heterocycles. The van der Waals surface area contributed by atoms with Crippen molar-refractivity contribution in [3.63, 3.8) is 0 Å². The summed E-state index contributed by atoms with van der Waals surface area (Å²) in [6, 6.07) is 6.71. The largest absolute Gasteiger partial charge is 0.508 e. The van der Waals surface area contributed by atoms with Crippen LogP contribution in [0.5, 0.6) is 5.75 Å². The monoisotopic (exact) mass is 259 g/mol. The van der Waals surface area contributed by atoms with E-state index in [2.05, 4.69) is 4.98 Å². The molecule has 0 saturated carbocycles. The molecule has 1 aromatic carbocycles. The fourth-order valence-corrected chi connectivity index (χ4v) is 2.06. The number of aromatic hydroxyl groups is 1. The molecule has 1 aromatic heterocycles. The molecule has 0 saturated heterocycles. The lowest BCUT2D eigenvalue weighted by Crippen LogP contribution is -2.36.